The van der Waals surface area contributed by atoms with Gasteiger partial charge < -0.3 is 14.5 Å². The largest absolute Gasteiger partial charge is 0.486 e. The Labute approximate surface area is 208 Å². The van der Waals surface area contributed by atoms with Crippen molar-refractivity contribution in [3.63, 3.8) is 0 Å². The van der Waals surface area contributed by atoms with E-state index >= 15 is 0 Å². The minimum absolute atomic E-state index is 0.0116. The summed E-state index contributed by atoms with van der Waals surface area (Å²) in [5, 5.41) is 0.811. The van der Waals surface area contributed by atoms with Gasteiger partial charge >= 0.3 is 0 Å². The van der Waals surface area contributed by atoms with Crippen molar-refractivity contribution in [1.29, 1.82) is 0 Å². The molecule has 2 heterocycles. The summed E-state index contributed by atoms with van der Waals surface area (Å²) in [7, 11) is -4.07. The molecule has 0 spiro atoms. The van der Waals surface area contributed by atoms with E-state index in [0.717, 1.165) is 22.0 Å². The number of halogens is 1. The molecule has 0 fully saturated rings. The van der Waals surface area contributed by atoms with Crippen molar-refractivity contribution in [2.75, 3.05) is 13.2 Å². The van der Waals surface area contributed by atoms with Crippen LogP contribution >= 0.6 is 0 Å². The van der Waals surface area contributed by atoms with E-state index in [1.54, 1.807) is 12.1 Å². The monoisotopic (exact) mass is 508 g/mol. The lowest BCUT2D eigenvalue weighted by Crippen LogP contribution is -2.32. The number of hydrogen-bond donors (Lipinski definition) is 1. The predicted octanol–water partition coefficient (Wildman–Crippen LogP) is 4.45. The fourth-order valence-corrected chi connectivity index (χ4v) is 5.65. The summed E-state index contributed by atoms with van der Waals surface area (Å²) >= 11 is 0. The first kappa shape index (κ1) is 24.0. The number of rotatable bonds is 6. The third kappa shape index (κ3) is 4.59. The Morgan fingerprint density at radius 3 is 2.39 bits per heavy atom. The van der Waals surface area contributed by atoms with Crippen LogP contribution in [0.15, 0.2) is 70.4 Å². The molecule has 186 valence electrons. The second-order valence-electron chi connectivity index (χ2n) is 8.80. The Morgan fingerprint density at radius 1 is 0.917 bits per heavy atom. The Kier molecular flexibility index (Phi) is 6.27. The highest BCUT2D eigenvalue weighted by Crippen LogP contribution is 2.34. The number of H-pyrrole nitrogens is 1. The second kappa shape index (κ2) is 9.40. The first-order valence-corrected chi connectivity index (χ1v) is 12.9. The minimum atomic E-state index is -4.07. The van der Waals surface area contributed by atoms with Gasteiger partial charge in [0.15, 0.2) is 11.5 Å². The zero-order valence-electron chi connectivity index (χ0n) is 19.9. The third-order valence-electron chi connectivity index (χ3n) is 6.40. The van der Waals surface area contributed by atoms with Crippen LogP contribution in [-0.2, 0) is 23.1 Å². The summed E-state index contributed by atoms with van der Waals surface area (Å²) in [5.41, 5.74) is 3.25. The Bertz CT molecular complexity index is 1610. The standard InChI is InChI=1S/C27H25FN2O5S/c1-17-3-6-20-13-21(27(31)29-26(20)18(17)2)16-30(15-19-4-7-22(28)8-5-19)36(32,33)23-9-10-24-25(14-23)35-12-11-34-24/h3-10,13-14H,11-12,15-16H2,1-2H3,(H,29,31). The molecule has 5 rings (SSSR count). The van der Waals surface area contributed by atoms with Crippen LogP contribution in [0.2, 0.25) is 0 Å². The number of hydrogen-bond acceptors (Lipinski definition) is 5. The normalized spacial score (nSPS) is 13.3. The Hall–Kier alpha value is -3.69. The van der Waals surface area contributed by atoms with Crippen LogP contribution < -0.4 is 15.0 Å². The van der Waals surface area contributed by atoms with Crippen molar-refractivity contribution in [2.24, 2.45) is 0 Å². The van der Waals surface area contributed by atoms with Crippen LogP contribution in [0.5, 0.6) is 11.5 Å². The lowest BCUT2D eigenvalue weighted by molar-refractivity contribution is 0.171. The molecule has 0 radical (unpaired) electrons. The van der Waals surface area contributed by atoms with Gasteiger partial charge in [-0.05, 0) is 66.3 Å². The number of aromatic amines is 1. The summed E-state index contributed by atoms with van der Waals surface area (Å²) in [6.45, 7) is 4.38. The van der Waals surface area contributed by atoms with Crippen LogP contribution in [0.25, 0.3) is 10.9 Å². The number of benzene rings is 3. The molecule has 3 aromatic carbocycles. The number of fused-ring (bicyclic) bond motifs is 2. The minimum Gasteiger partial charge on any atom is -0.486 e. The first-order valence-electron chi connectivity index (χ1n) is 11.5. The Balaban J connectivity index is 1.57. The molecule has 1 aliphatic rings. The SMILES string of the molecule is Cc1ccc2cc(CN(Cc3ccc(F)cc3)S(=O)(=O)c3ccc4c(c3)OCCO4)c(=O)[nH]c2c1C. The molecular formula is C27H25FN2O5S. The average Bonchev–Trinajstić information content (AvgIpc) is 2.87. The maximum Gasteiger partial charge on any atom is 0.252 e. The zero-order chi connectivity index (χ0) is 25.4. The number of aromatic nitrogens is 1. The second-order valence-corrected chi connectivity index (χ2v) is 10.7. The lowest BCUT2D eigenvalue weighted by Gasteiger charge is -2.24. The number of ether oxygens (including phenoxy) is 2. The zero-order valence-corrected chi connectivity index (χ0v) is 20.7. The molecule has 0 amide bonds. The van der Waals surface area contributed by atoms with E-state index in [1.165, 1.54) is 40.7 Å². The molecule has 1 N–H and O–H groups in total. The van der Waals surface area contributed by atoms with Crippen LogP contribution in [-0.4, -0.2) is 30.9 Å². The van der Waals surface area contributed by atoms with Gasteiger partial charge in [-0.2, -0.15) is 4.31 Å². The highest BCUT2D eigenvalue weighted by atomic mass is 32.2. The maximum atomic E-state index is 13.8. The van der Waals surface area contributed by atoms with Gasteiger partial charge in [-0.25, -0.2) is 12.8 Å². The van der Waals surface area contributed by atoms with Crippen LogP contribution in [0, 0.1) is 19.7 Å². The van der Waals surface area contributed by atoms with Crippen molar-refractivity contribution in [2.45, 2.75) is 31.8 Å². The number of nitrogens with zero attached hydrogens (tertiary/aromatic N) is 1. The van der Waals surface area contributed by atoms with Gasteiger partial charge in [0, 0.05) is 24.7 Å². The van der Waals surface area contributed by atoms with Crippen LogP contribution in [0.4, 0.5) is 4.39 Å². The summed E-state index contributed by atoms with van der Waals surface area (Å²) in [6, 6.07) is 15.6. The molecule has 0 saturated heterocycles. The quantitative estimate of drug-likeness (QED) is 0.416. The molecule has 0 atom stereocenters. The topological polar surface area (TPSA) is 88.7 Å². The third-order valence-corrected chi connectivity index (χ3v) is 8.19. The van der Waals surface area contributed by atoms with Crippen molar-refractivity contribution in [1.82, 2.24) is 9.29 Å². The van der Waals surface area contributed by atoms with E-state index in [9.17, 15) is 17.6 Å². The molecule has 7 nitrogen and oxygen atoms in total. The fourth-order valence-electron chi connectivity index (χ4n) is 4.23. The maximum absolute atomic E-state index is 13.8. The van der Waals surface area contributed by atoms with Crippen molar-refractivity contribution in [3.8, 4) is 11.5 Å². The molecule has 0 bridgehead atoms. The van der Waals surface area contributed by atoms with Crippen molar-refractivity contribution >= 4 is 20.9 Å². The van der Waals surface area contributed by atoms with E-state index in [0.29, 0.717) is 35.8 Å². The molecular weight excluding hydrogens is 483 g/mol. The predicted molar refractivity (Wildman–Crippen MR) is 134 cm³/mol. The molecule has 4 aromatic rings. The van der Waals surface area contributed by atoms with E-state index < -0.39 is 15.8 Å². The number of nitrogens with one attached hydrogen (secondary N) is 1. The van der Waals surface area contributed by atoms with E-state index in [-0.39, 0.29) is 23.5 Å². The van der Waals surface area contributed by atoms with Crippen molar-refractivity contribution < 1.29 is 22.3 Å². The molecule has 0 aliphatic carbocycles. The summed E-state index contributed by atoms with van der Waals surface area (Å²) in [5.74, 6) is 0.400. The van der Waals surface area contributed by atoms with Crippen molar-refractivity contribution in [3.05, 3.63) is 99.1 Å². The highest BCUT2D eigenvalue weighted by Gasteiger charge is 2.28. The van der Waals surface area contributed by atoms with Crippen LogP contribution in [0.3, 0.4) is 0 Å². The van der Waals surface area contributed by atoms with Gasteiger partial charge in [0.05, 0.1) is 10.4 Å². The smallest absolute Gasteiger partial charge is 0.252 e. The molecule has 1 aliphatic heterocycles. The van der Waals surface area contributed by atoms with E-state index in [4.69, 9.17) is 9.47 Å². The molecule has 1 aromatic heterocycles. The van der Waals surface area contributed by atoms with Gasteiger partial charge in [-0.3, -0.25) is 4.79 Å². The highest BCUT2D eigenvalue weighted by molar-refractivity contribution is 7.89. The number of pyridine rings is 1. The van der Waals surface area contributed by atoms with Gasteiger partial charge in [0.1, 0.15) is 19.0 Å². The summed E-state index contributed by atoms with van der Waals surface area (Å²) < 4.78 is 53.4. The number of sulfonamides is 1. The molecule has 9 heteroatoms. The summed E-state index contributed by atoms with van der Waals surface area (Å²) in [6.07, 6.45) is 0. The van der Waals surface area contributed by atoms with Gasteiger partial charge in [-0.15, -0.1) is 0 Å². The average molecular weight is 509 g/mol. The molecule has 36 heavy (non-hydrogen) atoms. The van der Waals surface area contributed by atoms with Gasteiger partial charge in [0.25, 0.3) is 5.56 Å². The van der Waals surface area contributed by atoms with E-state index in [2.05, 4.69) is 4.98 Å². The number of aryl methyl sites for hydroxylation is 2. The van der Waals surface area contributed by atoms with Gasteiger partial charge in [0.2, 0.25) is 10.0 Å². The van der Waals surface area contributed by atoms with E-state index in [1.807, 2.05) is 26.0 Å². The lowest BCUT2D eigenvalue weighted by atomic mass is 10.0. The molecule has 0 saturated carbocycles. The molecule has 0 unspecified atom stereocenters. The summed E-state index contributed by atoms with van der Waals surface area (Å²) in [4.78, 5) is 15.9. The fraction of sp³-hybridized carbons (Fsp3) is 0.222. The first-order chi connectivity index (χ1) is 17.2. The Morgan fingerprint density at radius 2 is 1.64 bits per heavy atom. The van der Waals surface area contributed by atoms with Crippen LogP contribution in [0.1, 0.15) is 22.3 Å². The van der Waals surface area contributed by atoms with Gasteiger partial charge in [-0.1, -0.05) is 24.3 Å².